The molecule has 0 saturated carbocycles. The van der Waals surface area contributed by atoms with Crippen LogP contribution >= 0.6 is 12.2 Å². The van der Waals surface area contributed by atoms with Crippen LogP contribution in [0, 0.1) is 11.8 Å². The molecule has 5 atom stereocenters. The van der Waals surface area contributed by atoms with Gasteiger partial charge in [0.25, 0.3) is 0 Å². The standard InChI is InChI=1S/C28H26F6N4S/c1-2-16-15-38-10-8-17(16)11-24(38)25(22-7-9-35-23-6-4-3-5-21(22)23)37-26(39)36-20-13-18(27(29,30)31)12-19(14-20)28(32,33)34/h2-7,9,12-14,16-17,24-25H,1,8,10-11,15H2,(H2,36,37,39)/t16-,17?,24+,25+/m0/s1. The molecule has 2 unspecified atom stereocenters. The normalized spacial score (nSPS) is 23.8. The van der Waals surface area contributed by atoms with E-state index in [4.69, 9.17) is 12.2 Å². The van der Waals surface area contributed by atoms with E-state index in [1.165, 1.54) is 0 Å². The summed E-state index contributed by atoms with van der Waals surface area (Å²) >= 11 is 5.47. The number of para-hydroxylation sites is 1. The summed E-state index contributed by atoms with van der Waals surface area (Å²) in [6.45, 7) is 5.68. The zero-order chi connectivity index (χ0) is 27.9. The van der Waals surface area contributed by atoms with Gasteiger partial charge in [0.05, 0.1) is 22.7 Å². The lowest BCUT2D eigenvalue weighted by atomic mass is 9.73. The van der Waals surface area contributed by atoms with Gasteiger partial charge in [-0.05, 0) is 79.3 Å². The molecule has 6 rings (SSSR count). The summed E-state index contributed by atoms with van der Waals surface area (Å²) in [5.74, 6) is 0.787. The molecule has 3 aliphatic heterocycles. The monoisotopic (exact) mass is 564 g/mol. The molecule has 1 aromatic heterocycles. The SMILES string of the molecule is C=C[C@H]1CN2CCC1C[C@@H]2[C@H](NC(=S)Nc1cc(C(F)(F)F)cc(C(F)(F)F)c1)c1ccnc2ccccc12. The molecule has 3 fully saturated rings. The summed E-state index contributed by atoms with van der Waals surface area (Å²) in [5, 5.41) is 6.65. The topological polar surface area (TPSA) is 40.2 Å². The maximum Gasteiger partial charge on any atom is 0.416 e. The van der Waals surface area contributed by atoms with Crippen LogP contribution in [0.2, 0.25) is 0 Å². The zero-order valence-corrected chi connectivity index (χ0v) is 21.5. The Kier molecular flexibility index (Phi) is 7.32. The minimum Gasteiger partial charge on any atom is -0.354 e. The zero-order valence-electron chi connectivity index (χ0n) is 20.7. The van der Waals surface area contributed by atoms with E-state index in [1.807, 2.05) is 36.4 Å². The number of piperidine rings is 3. The number of aromatic nitrogens is 1. The van der Waals surface area contributed by atoms with Gasteiger partial charge in [-0.15, -0.1) is 6.58 Å². The van der Waals surface area contributed by atoms with Crippen LogP contribution in [-0.4, -0.2) is 34.1 Å². The summed E-state index contributed by atoms with van der Waals surface area (Å²) in [7, 11) is 0. The van der Waals surface area contributed by atoms with Crippen LogP contribution in [0.1, 0.15) is 35.6 Å². The van der Waals surface area contributed by atoms with Crippen molar-refractivity contribution >= 4 is 33.9 Å². The number of nitrogens with one attached hydrogen (secondary N) is 2. The van der Waals surface area contributed by atoms with Crippen molar-refractivity contribution in [1.82, 2.24) is 15.2 Å². The Morgan fingerprint density at radius 2 is 1.74 bits per heavy atom. The van der Waals surface area contributed by atoms with Crippen LogP contribution in [-0.2, 0) is 12.4 Å². The van der Waals surface area contributed by atoms with Crippen molar-refractivity contribution in [2.45, 2.75) is 37.3 Å². The second kappa shape index (κ2) is 10.4. The molecule has 3 aromatic rings. The maximum atomic E-state index is 13.4. The lowest BCUT2D eigenvalue weighted by molar-refractivity contribution is -0.143. The number of nitrogens with zero attached hydrogens (tertiary/aromatic N) is 2. The number of hydrogen-bond donors (Lipinski definition) is 2. The Labute approximate surface area is 227 Å². The number of alkyl halides is 6. The molecule has 4 nitrogen and oxygen atoms in total. The first-order chi connectivity index (χ1) is 18.4. The van der Waals surface area contributed by atoms with Gasteiger partial charge >= 0.3 is 12.4 Å². The van der Waals surface area contributed by atoms with Crippen LogP contribution in [0.3, 0.4) is 0 Å². The maximum absolute atomic E-state index is 13.4. The van der Waals surface area contributed by atoms with Gasteiger partial charge in [-0.2, -0.15) is 26.3 Å². The lowest BCUT2D eigenvalue weighted by Gasteiger charge is -2.52. The van der Waals surface area contributed by atoms with Gasteiger partial charge in [-0.3, -0.25) is 9.88 Å². The second-order valence-corrected chi connectivity index (χ2v) is 10.4. The summed E-state index contributed by atoms with van der Waals surface area (Å²) in [6, 6.07) is 10.4. The molecule has 2 aromatic carbocycles. The first kappa shape index (κ1) is 27.4. The van der Waals surface area contributed by atoms with Crippen molar-refractivity contribution in [2.24, 2.45) is 11.8 Å². The number of hydrogen-bond acceptors (Lipinski definition) is 3. The Balaban J connectivity index is 1.48. The summed E-state index contributed by atoms with van der Waals surface area (Å²) in [6.07, 6.45) is -4.37. The highest BCUT2D eigenvalue weighted by molar-refractivity contribution is 7.80. The molecule has 4 heterocycles. The third kappa shape index (κ3) is 5.74. The molecule has 3 saturated heterocycles. The third-order valence-corrected chi connectivity index (χ3v) is 7.91. The molecule has 11 heteroatoms. The van der Waals surface area contributed by atoms with Gasteiger partial charge in [0.2, 0.25) is 0 Å². The van der Waals surface area contributed by atoms with Crippen molar-refractivity contribution in [3.63, 3.8) is 0 Å². The molecule has 206 valence electrons. The van der Waals surface area contributed by atoms with E-state index < -0.39 is 29.2 Å². The van der Waals surface area contributed by atoms with E-state index in [9.17, 15) is 26.3 Å². The summed E-state index contributed by atoms with van der Waals surface area (Å²) in [4.78, 5) is 6.79. The predicted octanol–water partition coefficient (Wildman–Crippen LogP) is 7.20. The van der Waals surface area contributed by atoms with Crippen LogP contribution in [0.25, 0.3) is 10.9 Å². The van der Waals surface area contributed by atoms with Crippen molar-refractivity contribution in [1.29, 1.82) is 0 Å². The number of fused-ring (bicyclic) bond motifs is 4. The number of thiocarbonyl (C=S) groups is 1. The van der Waals surface area contributed by atoms with Gasteiger partial charge in [0.1, 0.15) is 0 Å². The highest BCUT2D eigenvalue weighted by Crippen LogP contribution is 2.42. The van der Waals surface area contributed by atoms with Crippen molar-refractivity contribution in [3.8, 4) is 0 Å². The highest BCUT2D eigenvalue weighted by atomic mass is 32.1. The number of rotatable bonds is 5. The summed E-state index contributed by atoms with van der Waals surface area (Å²) in [5.41, 5.74) is -1.55. The fraction of sp³-hybridized carbons (Fsp3) is 0.357. The van der Waals surface area contributed by atoms with Crippen molar-refractivity contribution in [3.05, 3.63) is 84.1 Å². The molecule has 2 bridgehead atoms. The lowest BCUT2D eigenvalue weighted by Crippen LogP contribution is -2.57. The van der Waals surface area contributed by atoms with Gasteiger partial charge in [-0.25, -0.2) is 0 Å². The average Bonchev–Trinajstić information content (AvgIpc) is 2.90. The summed E-state index contributed by atoms with van der Waals surface area (Å²) < 4.78 is 80.3. The smallest absolute Gasteiger partial charge is 0.354 e. The fourth-order valence-corrected chi connectivity index (χ4v) is 6.07. The Morgan fingerprint density at radius 1 is 1.05 bits per heavy atom. The van der Waals surface area contributed by atoms with Crippen LogP contribution in [0.15, 0.2) is 67.4 Å². The Morgan fingerprint density at radius 3 is 2.36 bits per heavy atom. The third-order valence-electron chi connectivity index (χ3n) is 7.69. The molecular weight excluding hydrogens is 538 g/mol. The molecule has 0 amide bonds. The first-order valence-corrected chi connectivity index (χ1v) is 12.9. The van der Waals surface area contributed by atoms with Crippen LogP contribution in [0.5, 0.6) is 0 Å². The van der Waals surface area contributed by atoms with Gasteiger partial charge < -0.3 is 10.6 Å². The fourth-order valence-electron chi connectivity index (χ4n) is 5.83. The highest BCUT2D eigenvalue weighted by Gasteiger charge is 2.43. The van der Waals surface area contributed by atoms with Gasteiger partial charge in [-0.1, -0.05) is 24.3 Å². The van der Waals surface area contributed by atoms with Crippen molar-refractivity contribution < 1.29 is 26.3 Å². The quantitative estimate of drug-likeness (QED) is 0.195. The number of halogens is 6. The number of anilines is 1. The van der Waals surface area contributed by atoms with E-state index >= 15 is 0 Å². The predicted molar refractivity (Wildman–Crippen MR) is 142 cm³/mol. The molecule has 2 N–H and O–H groups in total. The molecule has 3 aliphatic rings. The average molecular weight is 565 g/mol. The van der Waals surface area contributed by atoms with Gasteiger partial charge in [0.15, 0.2) is 5.11 Å². The number of benzene rings is 2. The van der Waals surface area contributed by atoms with Gasteiger partial charge in [0, 0.05) is 29.9 Å². The minimum absolute atomic E-state index is 0.00208. The van der Waals surface area contributed by atoms with Crippen LogP contribution in [0.4, 0.5) is 32.0 Å². The molecule has 39 heavy (non-hydrogen) atoms. The largest absolute Gasteiger partial charge is 0.416 e. The minimum atomic E-state index is -4.96. The van der Waals surface area contributed by atoms with Crippen LogP contribution < -0.4 is 10.6 Å². The molecule has 0 aliphatic carbocycles. The Bertz CT molecular complexity index is 1350. The molecule has 0 radical (unpaired) electrons. The van der Waals surface area contributed by atoms with E-state index in [2.05, 4.69) is 27.1 Å². The van der Waals surface area contributed by atoms with E-state index in [0.717, 1.165) is 42.4 Å². The molecule has 0 spiro atoms. The van der Waals surface area contributed by atoms with E-state index in [0.29, 0.717) is 24.0 Å². The Hall–Kier alpha value is -3.18. The second-order valence-electron chi connectivity index (χ2n) is 10.0. The number of pyridine rings is 1. The molecular formula is C28H26F6N4S. The van der Waals surface area contributed by atoms with E-state index in [-0.39, 0.29) is 23.3 Å². The van der Waals surface area contributed by atoms with E-state index in [1.54, 1.807) is 6.20 Å². The van der Waals surface area contributed by atoms with Crippen molar-refractivity contribution in [2.75, 3.05) is 18.4 Å². The first-order valence-electron chi connectivity index (χ1n) is 12.5.